The van der Waals surface area contributed by atoms with Crippen molar-refractivity contribution in [2.75, 3.05) is 19.7 Å². The SMILES string of the molecule is CC(=O)OC(C)(C)CN1CCC[C@H]1COc1ccc(Cc2ccccc2)cc1. The maximum atomic E-state index is 11.3. The maximum absolute atomic E-state index is 11.3. The van der Waals surface area contributed by atoms with Gasteiger partial charge in [0.1, 0.15) is 18.0 Å². The van der Waals surface area contributed by atoms with E-state index in [1.54, 1.807) is 0 Å². The van der Waals surface area contributed by atoms with E-state index in [1.165, 1.54) is 18.1 Å². The third-order valence-electron chi connectivity index (χ3n) is 5.12. The number of ether oxygens (including phenoxy) is 2. The Bertz CT molecular complexity index is 755. The van der Waals surface area contributed by atoms with Crippen molar-refractivity contribution in [2.24, 2.45) is 0 Å². The van der Waals surface area contributed by atoms with Crippen LogP contribution < -0.4 is 4.74 Å². The Morgan fingerprint density at radius 2 is 1.75 bits per heavy atom. The van der Waals surface area contributed by atoms with Gasteiger partial charge in [-0.2, -0.15) is 0 Å². The van der Waals surface area contributed by atoms with E-state index in [0.29, 0.717) is 12.6 Å². The Balaban J connectivity index is 1.51. The summed E-state index contributed by atoms with van der Waals surface area (Å²) in [6.07, 6.45) is 3.20. The topological polar surface area (TPSA) is 38.8 Å². The van der Waals surface area contributed by atoms with Gasteiger partial charge in [-0.1, -0.05) is 42.5 Å². The van der Waals surface area contributed by atoms with Crippen molar-refractivity contribution in [2.45, 2.75) is 51.7 Å². The summed E-state index contributed by atoms with van der Waals surface area (Å²) in [7, 11) is 0. The molecule has 1 aliphatic heterocycles. The second kappa shape index (κ2) is 9.24. The molecular weight excluding hydrogens is 350 g/mol. The summed E-state index contributed by atoms with van der Waals surface area (Å²) in [6, 6.07) is 19.2. The molecule has 28 heavy (non-hydrogen) atoms. The monoisotopic (exact) mass is 381 g/mol. The van der Waals surface area contributed by atoms with E-state index in [-0.39, 0.29) is 5.97 Å². The van der Waals surface area contributed by atoms with Gasteiger partial charge in [0, 0.05) is 19.5 Å². The molecule has 1 heterocycles. The van der Waals surface area contributed by atoms with E-state index in [0.717, 1.165) is 38.1 Å². The van der Waals surface area contributed by atoms with Crippen LogP contribution in [-0.2, 0) is 16.0 Å². The van der Waals surface area contributed by atoms with Crippen molar-refractivity contribution in [3.05, 3.63) is 65.7 Å². The molecule has 2 aromatic rings. The van der Waals surface area contributed by atoms with E-state index in [2.05, 4.69) is 53.4 Å². The summed E-state index contributed by atoms with van der Waals surface area (Å²) >= 11 is 0. The smallest absolute Gasteiger partial charge is 0.303 e. The van der Waals surface area contributed by atoms with Crippen molar-refractivity contribution in [3.8, 4) is 5.75 Å². The van der Waals surface area contributed by atoms with Crippen LogP contribution in [0.2, 0.25) is 0 Å². The average Bonchev–Trinajstić information content (AvgIpc) is 3.07. The minimum atomic E-state index is -0.479. The van der Waals surface area contributed by atoms with Crippen molar-refractivity contribution in [1.82, 2.24) is 4.90 Å². The number of hydrogen-bond acceptors (Lipinski definition) is 4. The summed E-state index contributed by atoms with van der Waals surface area (Å²) in [5.74, 6) is 0.676. The number of likely N-dealkylation sites (tertiary alicyclic amines) is 1. The van der Waals surface area contributed by atoms with Crippen LogP contribution in [-0.4, -0.2) is 42.2 Å². The summed E-state index contributed by atoms with van der Waals surface area (Å²) in [5.41, 5.74) is 2.12. The van der Waals surface area contributed by atoms with Crippen LogP contribution in [0, 0.1) is 0 Å². The van der Waals surface area contributed by atoms with Crippen molar-refractivity contribution in [3.63, 3.8) is 0 Å². The first-order chi connectivity index (χ1) is 13.4. The number of hydrogen-bond donors (Lipinski definition) is 0. The number of nitrogens with zero attached hydrogens (tertiary/aromatic N) is 1. The highest BCUT2D eigenvalue weighted by Crippen LogP contribution is 2.23. The van der Waals surface area contributed by atoms with Gasteiger partial charge in [-0.25, -0.2) is 0 Å². The van der Waals surface area contributed by atoms with Crippen LogP contribution in [0.1, 0.15) is 44.7 Å². The fourth-order valence-corrected chi connectivity index (χ4v) is 3.93. The predicted molar refractivity (Wildman–Crippen MR) is 112 cm³/mol. The molecule has 0 bridgehead atoms. The first-order valence-corrected chi connectivity index (χ1v) is 10.1. The first-order valence-electron chi connectivity index (χ1n) is 10.1. The zero-order valence-corrected chi connectivity index (χ0v) is 17.2. The largest absolute Gasteiger partial charge is 0.492 e. The fraction of sp³-hybridized carbons (Fsp3) is 0.458. The van der Waals surface area contributed by atoms with E-state index in [9.17, 15) is 4.79 Å². The average molecular weight is 382 g/mol. The zero-order valence-electron chi connectivity index (χ0n) is 17.2. The highest BCUT2D eigenvalue weighted by Gasteiger charge is 2.32. The van der Waals surface area contributed by atoms with E-state index in [4.69, 9.17) is 9.47 Å². The maximum Gasteiger partial charge on any atom is 0.303 e. The molecule has 0 radical (unpaired) electrons. The third kappa shape index (κ3) is 6.10. The summed E-state index contributed by atoms with van der Waals surface area (Å²) in [6.45, 7) is 7.82. The van der Waals surface area contributed by atoms with Gasteiger partial charge < -0.3 is 9.47 Å². The van der Waals surface area contributed by atoms with Gasteiger partial charge in [0.05, 0.1) is 0 Å². The van der Waals surface area contributed by atoms with Crippen molar-refractivity contribution in [1.29, 1.82) is 0 Å². The number of rotatable bonds is 8. The Kier molecular flexibility index (Phi) is 6.74. The number of carbonyl (C=O) groups excluding carboxylic acids is 1. The minimum absolute atomic E-state index is 0.229. The number of benzene rings is 2. The molecule has 1 aliphatic rings. The standard InChI is InChI=1S/C24H31NO3/c1-19(26)28-24(2,3)18-25-15-7-10-22(25)17-27-23-13-11-21(12-14-23)16-20-8-5-4-6-9-20/h4-6,8-9,11-14,22H,7,10,15-18H2,1-3H3/t22-/m0/s1. The molecule has 0 unspecified atom stereocenters. The highest BCUT2D eigenvalue weighted by molar-refractivity contribution is 5.66. The molecule has 4 heteroatoms. The quantitative estimate of drug-likeness (QED) is 0.633. The van der Waals surface area contributed by atoms with Crippen molar-refractivity contribution >= 4 is 5.97 Å². The van der Waals surface area contributed by atoms with Crippen LogP contribution >= 0.6 is 0 Å². The summed E-state index contributed by atoms with van der Waals surface area (Å²) in [5, 5.41) is 0. The first kappa shape index (κ1) is 20.4. The summed E-state index contributed by atoms with van der Waals surface area (Å²) < 4.78 is 11.5. The van der Waals surface area contributed by atoms with Gasteiger partial charge >= 0.3 is 5.97 Å². The van der Waals surface area contributed by atoms with Gasteiger partial charge in [-0.15, -0.1) is 0 Å². The number of esters is 1. The van der Waals surface area contributed by atoms with Gasteiger partial charge in [0.2, 0.25) is 0 Å². The Morgan fingerprint density at radius 1 is 1.07 bits per heavy atom. The van der Waals surface area contributed by atoms with E-state index in [1.807, 2.05) is 19.9 Å². The lowest BCUT2D eigenvalue weighted by atomic mass is 10.1. The van der Waals surface area contributed by atoms with Gasteiger partial charge in [0.15, 0.2) is 0 Å². The molecular formula is C24H31NO3. The van der Waals surface area contributed by atoms with Crippen LogP contribution in [0.15, 0.2) is 54.6 Å². The fourth-order valence-electron chi connectivity index (χ4n) is 3.93. The molecule has 4 nitrogen and oxygen atoms in total. The van der Waals surface area contributed by atoms with E-state index < -0.39 is 5.60 Å². The third-order valence-corrected chi connectivity index (χ3v) is 5.12. The molecule has 0 saturated carbocycles. The molecule has 0 aromatic heterocycles. The normalized spacial score (nSPS) is 17.5. The Hall–Kier alpha value is -2.33. The molecule has 1 atom stereocenters. The molecule has 3 rings (SSSR count). The molecule has 1 fully saturated rings. The molecule has 0 N–H and O–H groups in total. The van der Waals surface area contributed by atoms with Crippen LogP contribution in [0.4, 0.5) is 0 Å². The van der Waals surface area contributed by atoms with Crippen LogP contribution in [0.3, 0.4) is 0 Å². The van der Waals surface area contributed by atoms with E-state index >= 15 is 0 Å². The highest BCUT2D eigenvalue weighted by atomic mass is 16.6. The van der Waals surface area contributed by atoms with Gasteiger partial charge in [-0.05, 0) is 62.9 Å². The molecule has 150 valence electrons. The molecule has 0 aliphatic carbocycles. The Morgan fingerprint density at radius 3 is 2.43 bits per heavy atom. The van der Waals surface area contributed by atoms with Crippen LogP contribution in [0.5, 0.6) is 5.75 Å². The molecule has 2 aromatic carbocycles. The van der Waals surface area contributed by atoms with Crippen LogP contribution in [0.25, 0.3) is 0 Å². The second-order valence-electron chi connectivity index (χ2n) is 8.24. The molecule has 0 spiro atoms. The van der Waals surface area contributed by atoms with Gasteiger partial charge in [0.25, 0.3) is 0 Å². The lowest BCUT2D eigenvalue weighted by Crippen LogP contribution is -2.45. The predicted octanol–water partition coefficient (Wildman–Crippen LogP) is 4.46. The second-order valence-corrected chi connectivity index (χ2v) is 8.24. The minimum Gasteiger partial charge on any atom is -0.492 e. The Labute approximate surface area is 168 Å². The van der Waals surface area contributed by atoms with Gasteiger partial charge in [-0.3, -0.25) is 9.69 Å². The summed E-state index contributed by atoms with van der Waals surface area (Å²) in [4.78, 5) is 13.7. The zero-order chi connectivity index (χ0) is 20.0. The molecule has 0 amide bonds. The lowest BCUT2D eigenvalue weighted by Gasteiger charge is -2.33. The number of carbonyl (C=O) groups is 1. The lowest BCUT2D eigenvalue weighted by molar-refractivity contribution is -0.155. The molecule has 1 saturated heterocycles. The van der Waals surface area contributed by atoms with Crippen molar-refractivity contribution < 1.29 is 14.3 Å².